The summed E-state index contributed by atoms with van der Waals surface area (Å²) in [6.45, 7) is 1.16. The lowest BCUT2D eigenvalue weighted by Gasteiger charge is -2.22. The van der Waals surface area contributed by atoms with Crippen molar-refractivity contribution in [1.29, 1.82) is 0 Å². The van der Waals surface area contributed by atoms with Gasteiger partial charge < -0.3 is 9.80 Å². The van der Waals surface area contributed by atoms with Crippen LogP contribution in [0.15, 0.2) is 36.7 Å². The molecule has 2 amide bonds. The summed E-state index contributed by atoms with van der Waals surface area (Å²) in [5, 5.41) is 0. The van der Waals surface area contributed by atoms with Crippen LogP contribution in [0.5, 0.6) is 0 Å². The largest absolute Gasteiger partial charge is 0.337 e. The number of carbonyl (C=O) groups excluding carboxylic acids is 2. The summed E-state index contributed by atoms with van der Waals surface area (Å²) < 4.78 is 40.3. The van der Waals surface area contributed by atoms with Crippen molar-refractivity contribution >= 4 is 11.8 Å². The lowest BCUT2D eigenvalue weighted by Crippen LogP contribution is -2.37. The maximum absolute atomic E-state index is 13.9. The summed E-state index contributed by atoms with van der Waals surface area (Å²) in [6, 6.07) is 4.86. The fourth-order valence-corrected chi connectivity index (χ4v) is 2.86. The van der Waals surface area contributed by atoms with Crippen molar-refractivity contribution in [3.05, 3.63) is 65.2 Å². The molecule has 0 N–H and O–H groups in total. The van der Waals surface area contributed by atoms with Crippen molar-refractivity contribution in [3.63, 3.8) is 0 Å². The van der Waals surface area contributed by atoms with Crippen molar-refractivity contribution in [2.24, 2.45) is 0 Å². The maximum atomic E-state index is 13.9. The summed E-state index contributed by atoms with van der Waals surface area (Å²) in [4.78, 5) is 31.8. The molecule has 0 spiro atoms. The van der Waals surface area contributed by atoms with Gasteiger partial charge in [0.2, 0.25) is 0 Å². The van der Waals surface area contributed by atoms with E-state index in [0.29, 0.717) is 18.5 Å². The van der Waals surface area contributed by atoms with Crippen molar-refractivity contribution in [2.75, 3.05) is 26.2 Å². The van der Waals surface area contributed by atoms with E-state index in [2.05, 4.69) is 4.98 Å². The molecule has 8 heteroatoms. The van der Waals surface area contributed by atoms with Crippen molar-refractivity contribution in [3.8, 4) is 0 Å². The van der Waals surface area contributed by atoms with Gasteiger partial charge in [0.05, 0.1) is 5.56 Å². The lowest BCUT2D eigenvalue weighted by atomic mass is 10.1. The Hall–Kier alpha value is -2.90. The van der Waals surface area contributed by atoms with Crippen LogP contribution in [0.1, 0.15) is 27.1 Å². The average Bonchev–Trinajstić information content (AvgIpc) is 2.92. The average molecular weight is 363 g/mol. The number of amides is 2. The first-order valence-electron chi connectivity index (χ1n) is 8.11. The zero-order valence-corrected chi connectivity index (χ0v) is 13.8. The van der Waals surface area contributed by atoms with Crippen LogP contribution in [-0.4, -0.2) is 52.8 Å². The lowest BCUT2D eigenvalue weighted by molar-refractivity contribution is 0.0715. The van der Waals surface area contributed by atoms with Crippen LogP contribution in [0.3, 0.4) is 0 Å². The third kappa shape index (κ3) is 3.54. The van der Waals surface area contributed by atoms with Gasteiger partial charge in [-0.25, -0.2) is 13.2 Å². The van der Waals surface area contributed by atoms with Crippen LogP contribution in [0, 0.1) is 17.5 Å². The SMILES string of the molecule is O=C(c1ccncc1)N1CCCN(C(=O)c2ccc(F)c(F)c2F)CC1. The summed E-state index contributed by atoms with van der Waals surface area (Å²) in [6.07, 6.45) is 3.54. The molecule has 3 rings (SSSR count). The number of carbonyl (C=O) groups is 2. The number of aromatic nitrogens is 1. The zero-order chi connectivity index (χ0) is 18.7. The summed E-state index contributed by atoms with van der Waals surface area (Å²) >= 11 is 0. The molecule has 1 saturated heterocycles. The maximum Gasteiger partial charge on any atom is 0.257 e. The second-order valence-corrected chi connectivity index (χ2v) is 5.90. The van der Waals surface area contributed by atoms with Gasteiger partial charge in [0.1, 0.15) is 0 Å². The van der Waals surface area contributed by atoms with E-state index in [1.807, 2.05) is 0 Å². The van der Waals surface area contributed by atoms with E-state index in [9.17, 15) is 22.8 Å². The van der Waals surface area contributed by atoms with Gasteiger partial charge in [-0.15, -0.1) is 0 Å². The van der Waals surface area contributed by atoms with Gasteiger partial charge in [-0.05, 0) is 30.7 Å². The van der Waals surface area contributed by atoms with E-state index in [1.165, 1.54) is 17.3 Å². The number of halogens is 3. The van der Waals surface area contributed by atoms with Gasteiger partial charge in [0.15, 0.2) is 17.5 Å². The molecule has 5 nitrogen and oxygen atoms in total. The van der Waals surface area contributed by atoms with Gasteiger partial charge in [0.25, 0.3) is 11.8 Å². The highest BCUT2D eigenvalue weighted by atomic mass is 19.2. The highest BCUT2D eigenvalue weighted by Gasteiger charge is 2.26. The molecule has 0 atom stereocenters. The smallest absolute Gasteiger partial charge is 0.257 e. The van der Waals surface area contributed by atoms with Crippen LogP contribution in [0.2, 0.25) is 0 Å². The minimum absolute atomic E-state index is 0.175. The molecular weight excluding hydrogens is 347 g/mol. The Bertz CT molecular complexity index is 830. The van der Waals surface area contributed by atoms with Crippen molar-refractivity contribution in [1.82, 2.24) is 14.8 Å². The first kappa shape index (κ1) is 17.9. The number of rotatable bonds is 2. The Labute approximate surface area is 148 Å². The molecule has 1 fully saturated rings. The summed E-state index contributed by atoms with van der Waals surface area (Å²) in [5.74, 6) is -5.41. The fourth-order valence-electron chi connectivity index (χ4n) is 2.86. The normalized spacial score (nSPS) is 14.9. The Morgan fingerprint density at radius 3 is 2.08 bits per heavy atom. The number of pyridine rings is 1. The minimum Gasteiger partial charge on any atom is -0.337 e. The van der Waals surface area contributed by atoms with Crippen molar-refractivity contribution < 1.29 is 22.8 Å². The molecule has 1 aromatic heterocycles. The molecule has 26 heavy (non-hydrogen) atoms. The Morgan fingerprint density at radius 1 is 0.808 bits per heavy atom. The number of hydrogen-bond donors (Lipinski definition) is 0. The van der Waals surface area contributed by atoms with Crippen LogP contribution in [0.4, 0.5) is 13.2 Å². The minimum atomic E-state index is -1.67. The topological polar surface area (TPSA) is 53.5 Å². The summed E-state index contributed by atoms with van der Waals surface area (Å²) in [7, 11) is 0. The molecule has 0 saturated carbocycles. The van der Waals surface area contributed by atoms with Crippen LogP contribution in [0.25, 0.3) is 0 Å². The third-order valence-electron chi connectivity index (χ3n) is 4.26. The first-order chi connectivity index (χ1) is 12.5. The second-order valence-electron chi connectivity index (χ2n) is 5.90. The van der Waals surface area contributed by atoms with Crippen LogP contribution < -0.4 is 0 Å². The van der Waals surface area contributed by atoms with E-state index >= 15 is 0 Å². The molecule has 0 bridgehead atoms. The molecule has 0 radical (unpaired) electrons. The number of nitrogens with zero attached hydrogens (tertiary/aromatic N) is 3. The predicted molar refractivity (Wildman–Crippen MR) is 87.0 cm³/mol. The van der Waals surface area contributed by atoms with E-state index in [-0.39, 0.29) is 25.5 Å². The van der Waals surface area contributed by atoms with E-state index in [4.69, 9.17) is 0 Å². The Balaban J connectivity index is 1.72. The van der Waals surface area contributed by atoms with Crippen LogP contribution >= 0.6 is 0 Å². The molecule has 1 aromatic carbocycles. The van der Waals surface area contributed by atoms with Crippen LogP contribution in [-0.2, 0) is 0 Å². The predicted octanol–water partition coefficient (Wildman–Crippen LogP) is 2.49. The van der Waals surface area contributed by atoms with Gasteiger partial charge in [0, 0.05) is 44.1 Å². The highest BCUT2D eigenvalue weighted by Crippen LogP contribution is 2.18. The quantitative estimate of drug-likeness (QED) is 0.771. The van der Waals surface area contributed by atoms with Gasteiger partial charge in [-0.3, -0.25) is 14.6 Å². The van der Waals surface area contributed by atoms with E-state index < -0.39 is 28.9 Å². The molecule has 2 aromatic rings. The molecule has 1 aliphatic rings. The molecule has 1 aliphatic heterocycles. The Morgan fingerprint density at radius 2 is 1.42 bits per heavy atom. The molecule has 2 heterocycles. The monoisotopic (exact) mass is 363 g/mol. The fraction of sp³-hybridized carbons (Fsp3) is 0.278. The third-order valence-corrected chi connectivity index (χ3v) is 4.26. The number of hydrogen-bond acceptors (Lipinski definition) is 3. The molecule has 0 aliphatic carbocycles. The van der Waals surface area contributed by atoms with E-state index in [1.54, 1.807) is 17.0 Å². The van der Waals surface area contributed by atoms with Gasteiger partial charge in [-0.2, -0.15) is 0 Å². The zero-order valence-electron chi connectivity index (χ0n) is 13.8. The molecule has 136 valence electrons. The van der Waals surface area contributed by atoms with Gasteiger partial charge >= 0.3 is 0 Å². The number of benzene rings is 1. The van der Waals surface area contributed by atoms with Crippen molar-refractivity contribution in [2.45, 2.75) is 6.42 Å². The second kappa shape index (κ2) is 7.55. The highest BCUT2D eigenvalue weighted by molar-refractivity contribution is 5.95. The molecule has 0 unspecified atom stereocenters. The Kier molecular flexibility index (Phi) is 5.20. The van der Waals surface area contributed by atoms with E-state index in [0.717, 1.165) is 12.1 Å². The molecular formula is C18H16F3N3O2. The standard InChI is InChI=1S/C18H16F3N3O2/c19-14-3-2-13(15(20)16(14)21)18(26)24-9-1-8-23(10-11-24)17(25)12-4-6-22-7-5-12/h2-7H,1,8-11H2. The summed E-state index contributed by atoms with van der Waals surface area (Å²) in [5.41, 5.74) is -0.0239. The van der Waals surface area contributed by atoms with Gasteiger partial charge in [-0.1, -0.05) is 0 Å². The first-order valence-corrected chi connectivity index (χ1v) is 8.11.